The highest BCUT2D eigenvalue weighted by atomic mass is 16.6. The van der Waals surface area contributed by atoms with Gasteiger partial charge in [0.05, 0.1) is 35.2 Å². The molecule has 0 aliphatic carbocycles. The molecule has 2 amide bonds. The number of carbonyl (C=O) groups is 2. The van der Waals surface area contributed by atoms with Crippen LogP contribution in [0.4, 0.5) is 9.59 Å². The van der Waals surface area contributed by atoms with Crippen molar-refractivity contribution in [3.8, 4) is 22.3 Å². The van der Waals surface area contributed by atoms with Crippen LogP contribution >= 0.6 is 0 Å². The third-order valence-electron chi connectivity index (χ3n) is 6.21. The van der Waals surface area contributed by atoms with Gasteiger partial charge in [0.25, 0.3) is 0 Å². The number of hydrogen-bond acceptors (Lipinski definition) is 6. The van der Waals surface area contributed by atoms with Crippen LogP contribution in [0.3, 0.4) is 0 Å². The molecule has 0 saturated carbocycles. The fourth-order valence-corrected chi connectivity index (χ4v) is 4.45. The molecule has 218 valence electrons. The maximum Gasteiger partial charge on any atom is 0.408 e. The van der Waals surface area contributed by atoms with Gasteiger partial charge >= 0.3 is 12.2 Å². The molecule has 10 heteroatoms. The van der Waals surface area contributed by atoms with Gasteiger partial charge in [0, 0.05) is 0 Å². The van der Waals surface area contributed by atoms with E-state index in [4.69, 9.17) is 9.47 Å². The van der Waals surface area contributed by atoms with E-state index in [0.717, 1.165) is 44.3 Å². The fourth-order valence-electron chi connectivity index (χ4n) is 4.45. The molecular weight excluding hydrogens is 532 g/mol. The molecule has 0 unspecified atom stereocenters. The lowest BCUT2D eigenvalue weighted by molar-refractivity contribution is 0.0511. The lowest BCUT2D eigenvalue weighted by Gasteiger charge is -2.19. The minimum atomic E-state index is -0.556. The van der Waals surface area contributed by atoms with E-state index in [9.17, 15) is 9.59 Å². The molecule has 5 rings (SSSR count). The first-order valence-electron chi connectivity index (χ1n) is 13.8. The number of aromatic nitrogens is 4. The third kappa shape index (κ3) is 7.25. The summed E-state index contributed by atoms with van der Waals surface area (Å²) in [5.74, 6) is 1.31. The minimum absolute atomic E-state index is 0.246. The number of imidazole rings is 2. The van der Waals surface area contributed by atoms with Crippen LogP contribution in [0.5, 0.6) is 0 Å². The summed E-state index contributed by atoms with van der Waals surface area (Å²) in [6.07, 6.45) is -0.961. The average molecular weight is 569 g/mol. The highest BCUT2D eigenvalue weighted by Crippen LogP contribution is 2.28. The Kier molecular flexibility index (Phi) is 7.64. The number of benzene rings is 3. The SMILES string of the molecule is CC(C)(C)OC(=O)NCc1nc2ccc(-c3ccc(-c4ccc5nc(CNC(=O)OC(C)(C)C)[nH]c5c4)cc3)cc2[nH]1. The van der Waals surface area contributed by atoms with Gasteiger partial charge in [-0.1, -0.05) is 36.4 Å². The van der Waals surface area contributed by atoms with Crippen molar-refractivity contribution in [2.24, 2.45) is 0 Å². The molecular formula is C32H36N6O4. The Balaban J connectivity index is 1.25. The smallest absolute Gasteiger partial charge is 0.408 e. The van der Waals surface area contributed by atoms with Gasteiger partial charge in [0.1, 0.15) is 22.9 Å². The van der Waals surface area contributed by atoms with E-state index in [1.54, 1.807) is 0 Å². The molecule has 2 aromatic heterocycles. The van der Waals surface area contributed by atoms with Crippen LogP contribution in [-0.4, -0.2) is 43.3 Å². The number of rotatable bonds is 6. The van der Waals surface area contributed by atoms with Crippen molar-refractivity contribution in [1.29, 1.82) is 0 Å². The van der Waals surface area contributed by atoms with Crippen LogP contribution in [0.15, 0.2) is 60.7 Å². The first kappa shape index (κ1) is 28.7. The summed E-state index contributed by atoms with van der Waals surface area (Å²) in [4.78, 5) is 39.6. The Hall–Kier alpha value is -4.86. The second kappa shape index (κ2) is 11.2. The summed E-state index contributed by atoms with van der Waals surface area (Å²) in [7, 11) is 0. The Morgan fingerprint density at radius 2 is 0.976 bits per heavy atom. The Labute approximate surface area is 244 Å². The second-order valence-electron chi connectivity index (χ2n) is 12.1. The quantitative estimate of drug-likeness (QED) is 0.178. The lowest BCUT2D eigenvalue weighted by Crippen LogP contribution is -2.32. The lowest BCUT2D eigenvalue weighted by atomic mass is 10.00. The van der Waals surface area contributed by atoms with Crippen LogP contribution in [-0.2, 0) is 22.6 Å². The molecule has 0 saturated heterocycles. The van der Waals surface area contributed by atoms with Crippen molar-refractivity contribution in [2.45, 2.75) is 65.8 Å². The van der Waals surface area contributed by atoms with Gasteiger partial charge in [0.15, 0.2) is 0 Å². The maximum absolute atomic E-state index is 12.0. The van der Waals surface area contributed by atoms with E-state index in [1.165, 1.54) is 0 Å². The zero-order valence-electron chi connectivity index (χ0n) is 24.7. The van der Waals surface area contributed by atoms with Gasteiger partial charge in [-0.05, 0) is 88.1 Å². The van der Waals surface area contributed by atoms with Crippen LogP contribution in [0.1, 0.15) is 53.2 Å². The number of nitrogens with zero attached hydrogens (tertiary/aromatic N) is 2. The summed E-state index contributed by atoms with van der Waals surface area (Å²) in [5.41, 5.74) is 6.56. The first-order chi connectivity index (χ1) is 19.8. The van der Waals surface area contributed by atoms with Gasteiger partial charge in [0.2, 0.25) is 0 Å². The number of fused-ring (bicyclic) bond motifs is 2. The predicted molar refractivity (Wildman–Crippen MR) is 163 cm³/mol. The van der Waals surface area contributed by atoms with E-state index in [1.807, 2.05) is 65.8 Å². The number of hydrogen-bond donors (Lipinski definition) is 4. The Bertz CT molecular complexity index is 1610. The zero-order valence-corrected chi connectivity index (χ0v) is 24.7. The Morgan fingerprint density at radius 3 is 1.33 bits per heavy atom. The molecule has 5 aromatic rings. The van der Waals surface area contributed by atoms with Gasteiger partial charge in [-0.15, -0.1) is 0 Å². The summed E-state index contributed by atoms with van der Waals surface area (Å²) < 4.78 is 10.6. The van der Waals surface area contributed by atoms with Crippen LogP contribution in [0.25, 0.3) is 44.3 Å². The van der Waals surface area contributed by atoms with Gasteiger partial charge in [-0.25, -0.2) is 19.6 Å². The topological polar surface area (TPSA) is 134 Å². The van der Waals surface area contributed by atoms with E-state index >= 15 is 0 Å². The summed E-state index contributed by atoms with van der Waals surface area (Å²) >= 11 is 0. The van der Waals surface area contributed by atoms with Crippen molar-refractivity contribution < 1.29 is 19.1 Å². The van der Waals surface area contributed by atoms with Gasteiger partial charge < -0.3 is 30.1 Å². The van der Waals surface area contributed by atoms with Crippen molar-refractivity contribution in [1.82, 2.24) is 30.6 Å². The number of ether oxygens (including phenoxy) is 2. The highest BCUT2D eigenvalue weighted by Gasteiger charge is 2.17. The number of H-pyrrole nitrogens is 2. The minimum Gasteiger partial charge on any atom is -0.444 e. The van der Waals surface area contributed by atoms with E-state index in [0.29, 0.717) is 11.6 Å². The van der Waals surface area contributed by atoms with Gasteiger partial charge in [-0.2, -0.15) is 0 Å². The molecule has 3 aromatic carbocycles. The molecule has 0 spiro atoms. The molecule has 0 bridgehead atoms. The van der Waals surface area contributed by atoms with Crippen molar-refractivity contribution in [2.75, 3.05) is 0 Å². The second-order valence-corrected chi connectivity index (χ2v) is 12.1. The average Bonchev–Trinajstić information content (AvgIpc) is 3.51. The number of alkyl carbamates (subject to hydrolysis) is 2. The molecule has 0 fully saturated rings. The monoisotopic (exact) mass is 568 g/mol. The molecule has 0 radical (unpaired) electrons. The van der Waals surface area contributed by atoms with Crippen molar-refractivity contribution in [3.05, 3.63) is 72.3 Å². The zero-order chi connectivity index (χ0) is 30.1. The highest BCUT2D eigenvalue weighted by molar-refractivity contribution is 5.84. The van der Waals surface area contributed by atoms with Crippen molar-refractivity contribution in [3.63, 3.8) is 0 Å². The fraction of sp³-hybridized carbons (Fsp3) is 0.312. The molecule has 0 atom stereocenters. The summed E-state index contributed by atoms with van der Waals surface area (Å²) in [5, 5.41) is 5.46. The number of amides is 2. The van der Waals surface area contributed by atoms with Crippen LogP contribution < -0.4 is 10.6 Å². The molecule has 42 heavy (non-hydrogen) atoms. The summed E-state index contributed by atoms with van der Waals surface area (Å²) in [6.45, 7) is 11.4. The summed E-state index contributed by atoms with van der Waals surface area (Å²) in [6, 6.07) is 20.5. The number of nitrogens with one attached hydrogen (secondary N) is 4. The van der Waals surface area contributed by atoms with E-state index in [-0.39, 0.29) is 13.1 Å². The number of aromatic amines is 2. The Morgan fingerprint density at radius 1 is 0.619 bits per heavy atom. The molecule has 10 nitrogen and oxygen atoms in total. The normalized spacial score (nSPS) is 12.0. The molecule has 4 N–H and O–H groups in total. The van der Waals surface area contributed by atoms with Gasteiger partial charge in [-0.3, -0.25) is 0 Å². The molecule has 2 heterocycles. The predicted octanol–water partition coefficient (Wildman–Crippen LogP) is 6.82. The van der Waals surface area contributed by atoms with Crippen molar-refractivity contribution >= 4 is 34.3 Å². The standard InChI is InChI=1S/C32H36N6O4/c1-31(2,3)41-29(39)33-17-27-35-23-13-11-21(15-25(23)37-27)19-7-9-20(10-8-19)22-12-14-24-26(16-22)38-28(36-24)18-34-30(40)42-32(4,5)6/h7-16H,17-18H2,1-6H3,(H,33,39)(H,34,40)(H,35,37)(H,36,38). The largest absolute Gasteiger partial charge is 0.444 e. The van der Waals surface area contributed by atoms with Crippen LogP contribution in [0.2, 0.25) is 0 Å². The maximum atomic E-state index is 12.0. The van der Waals surface area contributed by atoms with Crippen LogP contribution in [0, 0.1) is 0 Å². The van der Waals surface area contributed by atoms with E-state index < -0.39 is 23.4 Å². The molecule has 0 aliphatic rings. The first-order valence-corrected chi connectivity index (χ1v) is 13.8. The van der Waals surface area contributed by atoms with E-state index in [2.05, 4.69) is 67.0 Å². The third-order valence-corrected chi connectivity index (χ3v) is 6.21. The molecule has 0 aliphatic heterocycles. The number of carbonyl (C=O) groups excluding carboxylic acids is 2.